The molecule has 1 saturated heterocycles. The highest BCUT2D eigenvalue weighted by Crippen LogP contribution is 2.21. The Balaban J connectivity index is 2.18. The molecule has 3 heteroatoms. The average molecular weight is 211 g/mol. The molecule has 2 rings (SSSR count). The summed E-state index contributed by atoms with van der Waals surface area (Å²) >= 11 is 5.98. The van der Waals surface area contributed by atoms with E-state index < -0.39 is 0 Å². The number of hydrogen-bond donors (Lipinski definition) is 2. The third-order valence-corrected chi connectivity index (χ3v) is 3.05. The second kappa shape index (κ2) is 4.30. The number of nitrogens with one attached hydrogen (secondary N) is 2. The van der Waals surface area contributed by atoms with E-state index in [0.29, 0.717) is 6.04 Å². The molecule has 1 aliphatic rings. The predicted octanol–water partition coefficient (Wildman–Crippen LogP) is 1.88. The SMILES string of the molecule is Cc1cc([C@H]2CNCCN2)ccc1Cl. The van der Waals surface area contributed by atoms with Crippen LogP contribution in [-0.4, -0.2) is 19.6 Å². The lowest BCUT2D eigenvalue weighted by atomic mass is 10.0. The molecule has 0 bridgehead atoms. The summed E-state index contributed by atoms with van der Waals surface area (Å²) in [5.41, 5.74) is 2.47. The van der Waals surface area contributed by atoms with Crippen molar-refractivity contribution in [3.05, 3.63) is 34.3 Å². The number of rotatable bonds is 1. The molecule has 0 amide bonds. The number of halogens is 1. The van der Waals surface area contributed by atoms with Gasteiger partial charge in [0.15, 0.2) is 0 Å². The second-order valence-electron chi connectivity index (χ2n) is 3.72. The Morgan fingerprint density at radius 3 is 2.86 bits per heavy atom. The fourth-order valence-corrected chi connectivity index (χ4v) is 1.89. The van der Waals surface area contributed by atoms with Crippen molar-refractivity contribution in [2.45, 2.75) is 13.0 Å². The highest BCUT2D eigenvalue weighted by atomic mass is 35.5. The standard InChI is InChI=1S/C11H15ClN2/c1-8-6-9(2-3-10(8)12)11-7-13-4-5-14-11/h2-3,6,11,13-14H,4-5,7H2,1H3/t11-/m1/s1. The topological polar surface area (TPSA) is 24.1 Å². The monoisotopic (exact) mass is 210 g/mol. The van der Waals surface area contributed by atoms with Gasteiger partial charge in [0.25, 0.3) is 0 Å². The zero-order valence-electron chi connectivity index (χ0n) is 8.31. The number of piperazine rings is 1. The van der Waals surface area contributed by atoms with Crippen molar-refractivity contribution in [1.29, 1.82) is 0 Å². The minimum atomic E-state index is 0.430. The van der Waals surface area contributed by atoms with E-state index in [1.54, 1.807) is 0 Å². The van der Waals surface area contributed by atoms with Crippen LogP contribution in [0.4, 0.5) is 0 Å². The van der Waals surface area contributed by atoms with Crippen molar-refractivity contribution in [3.8, 4) is 0 Å². The molecule has 2 N–H and O–H groups in total. The molecule has 14 heavy (non-hydrogen) atoms. The first kappa shape index (κ1) is 9.97. The Hall–Kier alpha value is -0.570. The minimum Gasteiger partial charge on any atom is -0.314 e. The second-order valence-corrected chi connectivity index (χ2v) is 4.13. The molecule has 0 radical (unpaired) electrons. The van der Waals surface area contributed by atoms with E-state index in [-0.39, 0.29) is 0 Å². The van der Waals surface area contributed by atoms with Gasteiger partial charge in [0.1, 0.15) is 0 Å². The predicted molar refractivity (Wildman–Crippen MR) is 59.8 cm³/mol. The van der Waals surface area contributed by atoms with Gasteiger partial charge in [-0.15, -0.1) is 0 Å². The fraction of sp³-hybridized carbons (Fsp3) is 0.455. The number of benzene rings is 1. The molecule has 0 aliphatic carbocycles. The van der Waals surface area contributed by atoms with Crippen LogP contribution in [-0.2, 0) is 0 Å². The smallest absolute Gasteiger partial charge is 0.0447 e. The van der Waals surface area contributed by atoms with Crippen LogP contribution in [0.5, 0.6) is 0 Å². The molecular weight excluding hydrogens is 196 g/mol. The molecule has 1 aliphatic heterocycles. The number of hydrogen-bond acceptors (Lipinski definition) is 2. The van der Waals surface area contributed by atoms with Crippen molar-refractivity contribution in [3.63, 3.8) is 0 Å². The van der Waals surface area contributed by atoms with Gasteiger partial charge in [-0.3, -0.25) is 0 Å². The molecular formula is C11H15ClN2. The lowest BCUT2D eigenvalue weighted by Gasteiger charge is -2.25. The van der Waals surface area contributed by atoms with Crippen LogP contribution < -0.4 is 10.6 Å². The van der Waals surface area contributed by atoms with E-state index in [9.17, 15) is 0 Å². The largest absolute Gasteiger partial charge is 0.314 e. The third kappa shape index (κ3) is 2.08. The summed E-state index contributed by atoms with van der Waals surface area (Å²) in [7, 11) is 0. The molecule has 1 fully saturated rings. The van der Waals surface area contributed by atoms with E-state index in [4.69, 9.17) is 11.6 Å². The summed E-state index contributed by atoms with van der Waals surface area (Å²) in [5, 5.41) is 7.69. The molecule has 0 spiro atoms. The summed E-state index contributed by atoms with van der Waals surface area (Å²) < 4.78 is 0. The van der Waals surface area contributed by atoms with E-state index >= 15 is 0 Å². The van der Waals surface area contributed by atoms with Crippen LogP contribution >= 0.6 is 11.6 Å². The van der Waals surface area contributed by atoms with Crippen LogP contribution in [0.2, 0.25) is 5.02 Å². The third-order valence-electron chi connectivity index (χ3n) is 2.63. The van der Waals surface area contributed by atoms with Gasteiger partial charge in [0, 0.05) is 30.7 Å². The van der Waals surface area contributed by atoms with Crippen LogP contribution in [0.1, 0.15) is 17.2 Å². The zero-order valence-corrected chi connectivity index (χ0v) is 9.06. The van der Waals surface area contributed by atoms with Gasteiger partial charge in [-0.2, -0.15) is 0 Å². The van der Waals surface area contributed by atoms with Crippen molar-refractivity contribution < 1.29 is 0 Å². The van der Waals surface area contributed by atoms with Crippen LogP contribution in [0.3, 0.4) is 0 Å². The first-order valence-corrected chi connectivity index (χ1v) is 5.35. The van der Waals surface area contributed by atoms with Crippen LogP contribution in [0, 0.1) is 6.92 Å². The van der Waals surface area contributed by atoms with E-state index in [1.807, 2.05) is 13.0 Å². The van der Waals surface area contributed by atoms with Gasteiger partial charge in [0.05, 0.1) is 0 Å². The van der Waals surface area contributed by atoms with Crippen molar-refractivity contribution in [2.75, 3.05) is 19.6 Å². The van der Waals surface area contributed by atoms with Gasteiger partial charge in [-0.1, -0.05) is 23.7 Å². The average Bonchev–Trinajstić information content (AvgIpc) is 2.23. The van der Waals surface area contributed by atoms with Gasteiger partial charge in [-0.05, 0) is 24.1 Å². The highest BCUT2D eigenvalue weighted by Gasteiger charge is 2.14. The molecule has 0 aromatic heterocycles. The van der Waals surface area contributed by atoms with Gasteiger partial charge >= 0.3 is 0 Å². The van der Waals surface area contributed by atoms with Crippen LogP contribution in [0.15, 0.2) is 18.2 Å². The summed E-state index contributed by atoms with van der Waals surface area (Å²) in [5.74, 6) is 0. The van der Waals surface area contributed by atoms with E-state index in [0.717, 1.165) is 30.2 Å². The molecule has 76 valence electrons. The number of aryl methyl sites for hydroxylation is 1. The molecule has 1 aromatic rings. The highest BCUT2D eigenvalue weighted by molar-refractivity contribution is 6.31. The first-order chi connectivity index (χ1) is 6.77. The van der Waals surface area contributed by atoms with Crippen molar-refractivity contribution in [2.24, 2.45) is 0 Å². The molecule has 2 nitrogen and oxygen atoms in total. The van der Waals surface area contributed by atoms with Crippen LogP contribution in [0.25, 0.3) is 0 Å². The quantitative estimate of drug-likeness (QED) is 0.740. The lowest BCUT2D eigenvalue weighted by molar-refractivity contribution is 0.430. The van der Waals surface area contributed by atoms with Crippen molar-refractivity contribution in [1.82, 2.24) is 10.6 Å². The fourth-order valence-electron chi connectivity index (χ4n) is 1.77. The maximum atomic E-state index is 5.98. The maximum Gasteiger partial charge on any atom is 0.0447 e. The molecule has 0 unspecified atom stereocenters. The summed E-state index contributed by atoms with van der Waals surface area (Å²) in [4.78, 5) is 0. The van der Waals surface area contributed by atoms with Gasteiger partial charge in [-0.25, -0.2) is 0 Å². The summed E-state index contributed by atoms with van der Waals surface area (Å²) in [6, 6.07) is 6.66. The normalized spacial score (nSPS) is 22.3. The molecule has 1 aromatic carbocycles. The van der Waals surface area contributed by atoms with E-state index in [2.05, 4.69) is 22.8 Å². The zero-order chi connectivity index (χ0) is 9.97. The lowest BCUT2D eigenvalue weighted by Crippen LogP contribution is -2.42. The van der Waals surface area contributed by atoms with E-state index in [1.165, 1.54) is 5.56 Å². The maximum absolute atomic E-state index is 5.98. The summed E-state index contributed by atoms with van der Waals surface area (Å²) in [6.07, 6.45) is 0. The molecule has 0 saturated carbocycles. The Bertz CT molecular complexity index is 319. The Kier molecular flexibility index (Phi) is 3.06. The Labute approximate surface area is 89.7 Å². The van der Waals surface area contributed by atoms with Crippen molar-refractivity contribution >= 4 is 11.6 Å². The Morgan fingerprint density at radius 2 is 2.21 bits per heavy atom. The van der Waals surface area contributed by atoms with Gasteiger partial charge in [0.2, 0.25) is 0 Å². The first-order valence-electron chi connectivity index (χ1n) is 4.97. The minimum absolute atomic E-state index is 0.430. The Morgan fingerprint density at radius 1 is 1.36 bits per heavy atom. The molecule has 1 atom stereocenters. The van der Waals surface area contributed by atoms with Gasteiger partial charge < -0.3 is 10.6 Å². The summed E-state index contributed by atoms with van der Waals surface area (Å²) in [6.45, 7) is 5.14. The molecule has 1 heterocycles.